The molecule has 0 saturated carbocycles. The third-order valence-corrected chi connectivity index (χ3v) is 4.11. The Hall–Kier alpha value is -2.95. The van der Waals surface area contributed by atoms with Gasteiger partial charge in [-0.15, -0.1) is 0 Å². The SMILES string of the molecule is CC(=O)N1C(=O)C(Cc2ccccc2)(NC=O)c2ccccc21. The molecule has 3 amide bonds. The molecular weight excluding hydrogens is 292 g/mol. The van der Waals surface area contributed by atoms with Crippen LogP contribution in [0.1, 0.15) is 18.1 Å². The van der Waals surface area contributed by atoms with E-state index in [9.17, 15) is 14.4 Å². The van der Waals surface area contributed by atoms with Crippen LogP contribution in [-0.4, -0.2) is 18.2 Å². The zero-order valence-corrected chi connectivity index (χ0v) is 12.7. The number of benzene rings is 2. The lowest BCUT2D eigenvalue weighted by Crippen LogP contribution is -2.52. The molecule has 0 fully saturated rings. The molecule has 1 aliphatic heterocycles. The summed E-state index contributed by atoms with van der Waals surface area (Å²) in [5, 5.41) is 2.67. The minimum atomic E-state index is -1.26. The van der Waals surface area contributed by atoms with Crippen molar-refractivity contribution in [2.75, 3.05) is 4.90 Å². The fourth-order valence-electron chi connectivity index (χ4n) is 3.12. The molecule has 3 rings (SSSR count). The van der Waals surface area contributed by atoms with E-state index in [0.717, 1.165) is 10.5 Å². The normalized spacial score (nSPS) is 19.3. The zero-order chi connectivity index (χ0) is 16.4. The number of anilines is 1. The van der Waals surface area contributed by atoms with E-state index < -0.39 is 11.4 Å². The fraction of sp³-hybridized carbons (Fsp3) is 0.167. The number of nitrogens with zero attached hydrogens (tertiary/aromatic N) is 1. The Kier molecular flexibility index (Phi) is 3.70. The van der Waals surface area contributed by atoms with E-state index in [1.54, 1.807) is 24.3 Å². The molecule has 1 aliphatic rings. The van der Waals surface area contributed by atoms with Crippen LogP contribution in [0, 0.1) is 0 Å². The van der Waals surface area contributed by atoms with Crippen LogP contribution in [0.3, 0.4) is 0 Å². The summed E-state index contributed by atoms with van der Waals surface area (Å²) in [6.07, 6.45) is 0.799. The average Bonchev–Trinajstić information content (AvgIpc) is 2.78. The average molecular weight is 308 g/mol. The van der Waals surface area contributed by atoms with E-state index in [1.165, 1.54) is 6.92 Å². The molecule has 0 aliphatic carbocycles. The van der Waals surface area contributed by atoms with Gasteiger partial charge in [0.1, 0.15) is 0 Å². The molecule has 2 aromatic carbocycles. The second-order valence-corrected chi connectivity index (χ2v) is 5.51. The van der Waals surface area contributed by atoms with Crippen molar-refractivity contribution in [1.29, 1.82) is 0 Å². The Balaban J connectivity index is 2.17. The van der Waals surface area contributed by atoms with Crippen LogP contribution in [0.5, 0.6) is 0 Å². The number of amides is 3. The summed E-state index contributed by atoms with van der Waals surface area (Å²) >= 11 is 0. The lowest BCUT2D eigenvalue weighted by atomic mass is 9.85. The summed E-state index contributed by atoms with van der Waals surface area (Å²) < 4.78 is 0. The quantitative estimate of drug-likeness (QED) is 0.875. The summed E-state index contributed by atoms with van der Waals surface area (Å²) in [4.78, 5) is 37.3. The summed E-state index contributed by atoms with van der Waals surface area (Å²) in [5.74, 6) is -0.799. The Morgan fingerprint density at radius 1 is 1.13 bits per heavy atom. The van der Waals surface area contributed by atoms with Crippen LogP contribution in [-0.2, 0) is 26.3 Å². The van der Waals surface area contributed by atoms with Gasteiger partial charge in [0.05, 0.1) is 5.69 Å². The summed E-state index contributed by atoms with van der Waals surface area (Å²) in [6.45, 7) is 1.34. The number of carbonyl (C=O) groups excluding carboxylic acids is 3. The standard InChI is InChI=1S/C18H16N2O3/c1-13(22)20-16-10-6-5-9-15(16)18(17(20)23,19-12-21)11-14-7-3-2-4-8-14/h2-10,12H,11H2,1H3,(H,19,21). The first-order chi connectivity index (χ1) is 11.1. The second kappa shape index (κ2) is 5.68. The van der Waals surface area contributed by atoms with Crippen molar-refractivity contribution in [3.63, 3.8) is 0 Å². The van der Waals surface area contributed by atoms with Gasteiger partial charge in [-0.3, -0.25) is 14.4 Å². The van der Waals surface area contributed by atoms with Gasteiger partial charge in [0.2, 0.25) is 12.3 Å². The van der Waals surface area contributed by atoms with Crippen molar-refractivity contribution in [3.8, 4) is 0 Å². The highest BCUT2D eigenvalue weighted by atomic mass is 16.2. The minimum Gasteiger partial charge on any atom is -0.340 e. The van der Waals surface area contributed by atoms with E-state index in [2.05, 4.69) is 5.32 Å². The number of imide groups is 1. The molecule has 1 atom stereocenters. The molecule has 5 nitrogen and oxygen atoms in total. The maximum Gasteiger partial charge on any atom is 0.264 e. The second-order valence-electron chi connectivity index (χ2n) is 5.51. The van der Waals surface area contributed by atoms with Gasteiger partial charge < -0.3 is 5.32 Å². The van der Waals surface area contributed by atoms with Gasteiger partial charge in [0, 0.05) is 18.9 Å². The van der Waals surface area contributed by atoms with Crippen LogP contribution in [0.2, 0.25) is 0 Å². The van der Waals surface area contributed by atoms with Gasteiger partial charge >= 0.3 is 0 Å². The van der Waals surface area contributed by atoms with Crippen LogP contribution >= 0.6 is 0 Å². The van der Waals surface area contributed by atoms with Gasteiger partial charge in [-0.1, -0.05) is 48.5 Å². The number of hydrogen-bond donors (Lipinski definition) is 1. The van der Waals surface area contributed by atoms with E-state index >= 15 is 0 Å². The minimum absolute atomic E-state index is 0.284. The van der Waals surface area contributed by atoms with E-state index in [4.69, 9.17) is 0 Å². The van der Waals surface area contributed by atoms with E-state index in [-0.39, 0.29) is 12.3 Å². The number of carbonyl (C=O) groups is 3. The maximum atomic E-state index is 13.0. The molecule has 5 heteroatoms. The molecule has 116 valence electrons. The van der Waals surface area contributed by atoms with Crippen LogP contribution in [0.25, 0.3) is 0 Å². The monoisotopic (exact) mass is 308 g/mol. The highest BCUT2D eigenvalue weighted by Gasteiger charge is 2.52. The molecule has 2 aromatic rings. The van der Waals surface area contributed by atoms with Gasteiger partial charge in [0.25, 0.3) is 5.91 Å². The van der Waals surface area contributed by atoms with Crippen LogP contribution in [0.15, 0.2) is 54.6 Å². The number of rotatable bonds is 4. The molecule has 1 N–H and O–H groups in total. The molecule has 0 saturated heterocycles. The van der Waals surface area contributed by atoms with E-state index in [1.807, 2.05) is 30.3 Å². The smallest absolute Gasteiger partial charge is 0.264 e. The van der Waals surface area contributed by atoms with Crippen LogP contribution < -0.4 is 10.2 Å². The van der Waals surface area contributed by atoms with Gasteiger partial charge in [-0.05, 0) is 11.6 Å². The third-order valence-electron chi connectivity index (χ3n) is 4.11. The number of para-hydroxylation sites is 1. The Morgan fingerprint density at radius 3 is 2.43 bits per heavy atom. The first-order valence-electron chi connectivity index (χ1n) is 7.30. The molecule has 1 heterocycles. The highest BCUT2D eigenvalue weighted by molar-refractivity contribution is 6.22. The van der Waals surface area contributed by atoms with Gasteiger partial charge in [-0.2, -0.15) is 0 Å². The number of fused-ring (bicyclic) bond motifs is 1. The Morgan fingerprint density at radius 2 is 1.78 bits per heavy atom. The van der Waals surface area contributed by atoms with Crippen molar-refractivity contribution in [2.45, 2.75) is 18.9 Å². The zero-order valence-electron chi connectivity index (χ0n) is 12.7. The molecular formula is C18H16N2O3. The first-order valence-corrected chi connectivity index (χ1v) is 7.30. The Labute approximate surface area is 133 Å². The lowest BCUT2D eigenvalue weighted by Gasteiger charge is -2.28. The first kappa shape index (κ1) is 15.0. The molecule has 0 bridgehead atoms. The topological polar surface area (TPSA) is 66.5 Å². The summed E-state index contributed by atoms with van der Waals surface area (Å²) in [6, 6.07) is 16.5. The van der Waals surface area contributed by atoms with Crippen molar-refractivity contribution in [3.05, 3.63) is 65.7 Å². The van der Waals surface area contributed by atoms with Gasteiger partial charge in [-0.25, -0.2) is 4.90 Å². The maximum absolute atomic E-state index is 13.0. The van der Waals surface area contributed by atoms with Crippen molar-refractivity contribution in [1.82, 2.24) is 5.32 Å². The predicted octanol–water partition coefficient (Wildman–Crippen LogP) is 1.76. The fourth-order valence-corrected chi connectivity index (χ4v) is 3.12. The number of hydrogen-bond acceptors (Lipinski definition) is 3. The molecule has 0 spiro atoms. The largest absolute Gasteiger partial charge is 0.340 e. The lowest BCUT2D eigenvalue weighted by molar-refractivity contribution is -0.131. The predicted molar refractivity (Wildman–Crippen MR) is 85.6 cm³/mol. The molecule has 0 radical (unpaired) electrons. The van der Waals surface area contributed by atoms with Gasteiger partial charge in [0.15, 0.2) is 5.54 Å². The Bertz CT molecular complexity index is 773. The number of nitrogens with one attached hydrogen (secondary N) is 1. The van der Waals surface area contributed by atoms with Crippen molar-refractivity contribution >= 4 is 23.9 Å². The molecule has 23 heavy (non-hydrogen) atoms. The highest BCUT2D eigenvalue weighted by Crippen LogP contribution is 2.42. The third kappa shape index (κ3) is 2.30. The van der Waals surface area contributed by atoms with Crippen LogP contribution in [0.4, 0.5) is 5.69 Å². The summed E-state index contributed by atoms with van der Waals surface area (Å²) in [7, 11) is 0. The van der Waals surface area contributed by atoms with Crippen molar-refractivity contribution in [2.24, 2.45) is 0 Å². The summed E-state index contributed by atoms with van der Waals surface area (Å²) in [5.41, 5.74) is 0.799. The van der Waals surface area contributed by atoms with Crippen molar-refractivity contribution < 1.29 is 14.4 Å². The molecule has 1 unspecified atom stereocenters. The molecule has 0 aromatic heterocycles. The van der Waals surface area contributed by atoms with E-state index in [0.29, 0.717) is 17.7 Å².